The van der Waals surface area contributed by atoms with Crippen LogP contribution in [-0.2, 0) is 17.7 Å². The van der Waals surface area contributed by atoms with Gasteiger partial charge in [-0.15, -0.1) is 10.2 Å². The van der Waals surface area contributed by atoms with E-state index in [1.54, 1.807) is 31.2 Å². The molecule has 1 aliphatic rings. The number of aromatic nitrogens is 3. The molecule has 2 N–H and O–H groups in total. The van der Waals surface area contributed by atoms with Crippen molar-refractivity contribution in [2.24, 2.45) is 0 Å². The van der Waals surface area contributed by atoms with Gasteiger partial charge in [-0.2, -0.15) is 0 Å². The first-order chi connectivity index (χ1) is 15.1. The molecule has 0 bridgehead atoms. The number of rotatable bonds is 5. The molecule has 0 spiro atoms. The number of nitrogens with zero attached hydrogens (tertiary/aromatic N) is 3. The molecule has 0 saturated carbocycles. The summed E-state index contributed by atoms with van der Waals surface area (Å²) in [5.41, 5.74) is 2.65. The molecular formula is C23H25N5O3. The summed E-state index contributed by atoms with van der Waals surface area (Å²) in [5.74, 6) is 1.63. The Hall–Kier alpha value is -3.68. The molecule has 8 heteroatoms. The van der Waals surface area contributed by atoms with Crippen LogP contribution in [0.4, 0.5) is 16.2 Å². The van der Waals surface area contributed by atoms with Crippen molar-refractivity contribution in [3.63, 3.8) is 0 Å². The van der Waals surface area contributed by atoms with Crippen molar-refractivity contribution in [1.29, 1.82) is 0 Å². The SMILES string of the molecule is CCOC(=O)Nc1ccc(C(=O)Nc2cccc(-c3nnc4n3CCCCC4)c2)cc1. The molecule has 160 valence electrons. The first-order valence-electron chi connectivity index (χ1n) is 10.5. The van der Waals surface area contributed by atoms with Crippen LogP contribution in [0.25, 0.3) is 11.4 Å². The highest BCUT2D eigenvalue weighted by Gasteiger charge is 2.16. The van der Waals surface area contributed by atoms with Crippen molar-refractivity contribution in [2.75, 3.05) is 17.2 Å². The number of fused-ring (bicyclic) bond motifs is 1. The molecule has 1 aliphatic heterocycles. The fourth-order valence-corrected chi connectivity index (χ4v) is 3.63. The Morgan fingerprint density at radius 3 is 2.65 bits per heavy atom. The number of nitrogens with one attached hydrogen (secondary N) is 2. The molecular weight excluding hydrogens is 394 g/mol. The number of carbonyl (C=O) groups is 2. The highest BCUT2D eigenvalue weighted by Crippen LogP contribution is 2.25. The molecule has 2 aromatic carbocycles. The van der Waals surface area contributed by atoms with Gasteiger partial charge in [-0.1, -0.05) is 18.6 Å². The minimum absolute atomic E-state index is 0.236. The Kier molecular flexibility index (Phi) is 6.26. The van der Waals surface area contributed by atoms with E-state index in [1.807, 2.05) is 24.3 Å². The molecule has 0 unspecified atom stereocenters. The molecule has 31 heavy (non-hydrogen) atoms. The Labute approximate surface area is 180 Å². The Morgan fingerprint density at radius 1 is 1.00 bits per heavy atom. The highest BCUT2D eigenvalue weighted by atomic mass is 16.5. The summed E-state index contributed by atoms with van der Waals surface area (Å²) in [6, 6.07) is 14.3. The summed E-state index contributed by atoms with van der Waals surface area (Å²) in [4.78, 5) is 24.2. The predicted molar refractivity (Wildman–Crippen MR) is 118 cm³/mol. The lowest BCUT2D eigenvalue weighted by Crippen LogP contribution is -2.14. The van der Waals surface area contributed by atoms with Gasteiger partial charge in [-0.05, 0) is 56.2 Å². The number of anilines is 2. The average molecular weight is 419 g/mol. The average Bonchev–Trinajstić information content (AvgIpc) is 3.03. The van der Waals surface area contributed by atoms with E-state index in [1.165, 1.54) is 6.42 Å². The van der Waals surface area contributed by atoms with Crippen LogP contribution in [0, 0.1) is 0 Å². The minimum Gasteiger partial charge on any atom is -0.450 e. The van der Waals surface area contributed by atoms with Gasteiger partial charge in [0.25, 0.3) is 5.91 Å². The molecule has 0 atom stereocenters. The zero-order valence-corrected chi connectivity index (χ0v) is 17.4. The molecule has 0 radical (unpaired) electrons. The minimum atomic E-state index is -0.525. The van der Waals surface area contributed by atoms with E-state index >= 15 is 0 Å². The molecule has 1 aromatic heterocycles. The lowest BCUT2D eigenvalue weighted by atomic mass is 10.1. The number of benzene rings is 2. The Balaban J connectivity index is 1.46. The van der Waals surface area contributed by atoms with Crippen LogP contribution < -0.4 is 10.6 Å². The van der Waals surface area contributed by atoms with Gasteiger partial charge >= 0.3 is 6.09 Å². The second-order valence-corrected chi connectivity index (χ2v) is 7.36. The molecule has 0 saturated heterocycles. The van der Waals surface area contributed by atoms with Crippen LogP contribution in [0.1, 0.15) is 42.4 Å². The van der Waals surface area contributed by atoms with Gasteiger partial charge in [0.15, 0.2) is 5.82 Å². The maximum atomic E-state index is 12.7. The fourth-order valence-electron chi connectivity index (χ4n) is 3.63. The summed E-state index contributed by atoms with van der Waals surface area (Å²) in [5, 5.41) is 14.3. The molecule has 8 nitrogen and oxygen atoms in total. The van der Waals surface area contributed by atoms with E-state index in [0.717, 1.165) is 43.0 Å². The quantitative estimate of drug-likeness (QED) is 0.635. The second kappa shape index (κ2) is 9.42. The maximum Gasteiger partial charge on any atom is 0.411 e. The molecule has 0 fully saturated rings. The van der Waals surface area contributed by atoms with Crippen molar-refractivity contribution in [3.05, 3.63) is 59.9 Å². The van der Waals surface area contributed by atoms with Gasteiger partial charge in [0.1, 0.15) is 5.82 Å². The summed E-state index contributed by atoms with van der Waals surface area (Å²) in [7, 11) is 0. The van der Waals surface area contributed by atoms with Crippen LogP contribution in [-0.4, -0.2) is 33.4 Å². The highest BCUT2D eigenvalue weighted by molar-refractivity contribution is 6.04. The fraction of sp³-hybridized carbons (Fsp3) is 0.304. The van der Waals surface area contributed by atoms with Crippen LogP contribution in [0.15, 0.2) is 48.5 Å². The molecule has 0 aliphatic carbocycles. The first kappa shape index (κ1) is 20.6. The Morgan fingerprint density at radius 2 is 1.84 bits per heavy atom. The van der Waals surface area contributed by atoms with Crippen molar-refractivity contribution in [3.8, 4) is 11.4 Å². The van der Waals surface area contributed by atoms with E-state index in [2.05, 4.69) is 25.4 Å². The van der Waals surface area contributed by atoms with Crippen LogP contribution in [0.3, 0.4) is 0 Å². The largest absolute Gasteiger partial charge is 0.450 e. The number of carbonyl (C=O) groups excluding carboxylic acids is 2. The first-order valence-corrected chi connectivity index (χ1v) is 10.5. The molecule has 4 rings (SSSR count). The number of hydrogen-bond acceptors (Lipinski definition) is 5. The van der Waals surface area contributed by atoms with Gasteiger partial charge in [0.05, 0.1) is 6.61 Å². The van der Waals surface area contributed by atoms with Crippen LogP contribution in [0.2, 0.25) is 0 Å². The normalized spacial score (nSPS) is 13.1. The standard InChI is InChI=1S/C23H25N5O3/c1-2-31-23(30)25-18-12-10-16(11-13-18)22(29)24-19-8-6-7-17(15-19)21-27-26-20-9-4-3-5-14-28(20)21/h6-8,10-13,15H,2-5,9,14H2,1H3,(H,24,29)(H,25,30). The van der Waals surface area contributed by atoms with Gasteiger partial charge < -0.3 is 14.6 Å². The summed E-state index contributed by atoms with van der Waals surface area (Å²) in [6.07, 6.45) is 3.89. The third-order valence-corrected chi connectivity index (χ3v) is 5.16. The summed E-state index contributed by atoms with van der Waals surface area (Å²) < 4.78 is 7.03. The number of hydrogen-bond donors (Lipinski definition) is 2. The predicted octanol–water partition coefficient (Wildman–Crippen LogP) is 4.49. The van der Waals surface area contributed by atoms with E-state index in [-0.39, 0.29) is 5.91 Å². The smallest absolute Gasteiger partial charge is 0.411 e. The van der Waals surface area contributed by atoms with Crippen molar-refractivity contribution in [2.45, 2.75) is 39.2 Å². The van der Waals surface area contributed by atoms with E-state index in [9.17, 15) is 9.59 Å². The monoisotopic (exact) mass is 419 g/mol. The summed E-state index contributed by atoms with van der Waals surface area (Å²) in [6.45, 7) is 2.95. The topological polar surface area (TPSA) is 98.1 Å². The lowest BCUT2D eigenvalue weighted by Gasteiger charge is -2.10. The van der Waals surface area contributed by atoms with Gasteiger partial charge in [0.2, 0.25) is 0 Å². The van der Waals surface area contributed by atoms with E-state index in [4.69, 9.17) is 4.74 Å². The third-order valence-electron chi connectivity index (χ3n) is 5.16. The molecule has 2 heterocycles. The molecule has 2 amide bonds. The van der Waals surface area contributed by atoms with Gasteiger partial charge in [-0.3, -0.25) is 10.1 Å². The van der Waals surface area contributed by atoms with E-state index < -0.39 is 6.09 Å². The van der Waals surface area contributed by atoms with Crippen LogP contribution >= 0.6 is 0 Å². The zero-order chi connectivity index (χ0) is 21.6. The number of ether oxygens (including phenoxy) is 1. The number of amides is 2. The zero-order valence-electron chi connectivity index (χ0n) is 17.4. The van der Waals surface area contributed by atoms with Crippen molar-refractivity contribution >= 4 is 23.4 Å². The van der Waals surface area contributed by atoms with Crippen molar-refractivity contribution in [1.82, 2.24) is 14.8 Å². The molecule has 3 aromatic rings. The van der Waals surface area contributed by atoms with Crippen molar-refractivity contribution < 1.29 is 14.3 Å². The van der Waals surface area contributed by atoms with E-state index in [0.29, 0.717) is 23.5 Å². The van der Waals surface area contributed by atoms with Crippen LogP contribution in [0.5, 0.6) is 0 Å². The lowest BCUT2D eigenvalue weighted by molar-refractivity contribution is 0.102. The summed E-state index contributed by atoms with van der Waals surface area (Å²) >= 11 is 0. The Bertz CT molecular complexity index is 1080. The number of aryl methyl sites for hydroxylation is 1. The van der Waals surface area contributed by atoms with Gasteiger partial charge in [-0.25, -0.2) is 4.79 Å². The third kappa shape index (κ3) is 4.91. The second-order valence-electron chi connectivity index (χ2n) is 7.36. The van der Waals surface area contributed by atoms with Gasteiger partial charge in [0, 0.05) is 35.5 Å². The maximum absolute atomic E-state index is 12.7.